The molecule has 2 aromatic heterocycles. The number of aryl methyl sites for hydroxylation is 1. The number of amides is 1. The fourth-order valence-corrected chi connectivity index (χ4v) is 5.67. The van der Waals surface area contributed by atoms with Gasteiger partial charge in [-0.3, -0.25) is 14.2 Å². The predicted molar refractivity (Wildman–Crippen MR) is 134 cm³/mol. The summed E-state index contributed by atoms with van der Waals surface area (Å²) in [4.78, 5) is 33.3. The Labute approximate surface area is 198 Å². The third-order valence-electron chi connectivity index (χ3n) is 5.51. The summed E-state index contributed by atoms with van der Waals surface area (Å²) >= 11 is 2.93. The molecule has 0 radical (unpaired) electrons. The molecule has 1 unspecified atom stereocenters. The van der Waals surface area contributed by atoms with Crippen LogP contribution in [-0.2, 0) is 4.79 Å². The highest BCUT2D eigenvalue weighted by atomic mass is 32.1. The Balaban J connectivity index is 1.68. The monoisotopic (exact) mass is 471 g/mol. The van der Waals surface area contributed by atoms with E-state index in [1.807, 2.05) is 92.0 Å². The molecule has 0 saturated heterocycles. The Morgan fingerprint density at radius 1 is 1.03 bits per heavy atom. The van der Waals surface area contributed by atoms with Crippen LogP contribution < -0.4 is 20.2 Å². The van der Waals surface area contributed by atoms with Gasteiger partial charge >= 0.3 is 0 Å². The first-order chi connectivity index (χ1) is 16.0. The summed E-state index contributed by atoms with van der Waals surface area (Å²) in [6.07, 6.45) is 1.89. The van der Waals surface area contributed by atoms with Crippen molar-refractivity contribution in [2.45, 2.75) is 19.9 Å². The van der Waals surface area contributed by atoms with E-state index in [4.69, 9.17) is 0 Å². The van der Waals surface area contributed by atoms with E-state index in [0.29, 0.717) is 26.3 Å². The quantitative estimate of drug-likeness (QED) is 0.484. The molecule has 1 amide bonds. The van der Waals surface area contributed by atoms with E-state index < -0.39 is 6.04 Å². The molecule has 0 saturated carbocycles. The number of aromatic nitrogens is 1. The smallest absolute Gasteiger partial charge is 0.271 e. The molecule has 5 rings (SSSR count). The Kier molecular flexibility index (Phi) is 5.66. The van der Waals surface area contributed by atoms with Gasteiger partial charge in [-0.15, -0.1) is 11.3 Å². The summed E-state index contributed by atoms with van der Waals surface area (Å²) in [5.41, 5.74) is 3.61. The van der Waals surface area contributed by atoms with Crippen LogP contribution in [0.2, 0.25) is 0 Å². The van der Waals surface area contributed by atoms with Crippen LogP contribution in [0.3, 0.4) is 0 Å². The van der Waals surface area contributed by atoms with Crippen LogP contribution in [-0.4, -0.2) is 10.5 Å². The lowest BCUT2D eigenvalue weighted by Gasteiger charge is -2.25. The number of rotatable bonds is 4. The highest BCUT2D eigenvalue weighted by molar-refractivity contribution is 7.11. The van der Waals surface area contributed by atoms with Crippen molar-refractivity contribution in [3.8, 4) is 0 Å². The summed E-state index contributed by atoms with van der Waals surface area (Å²) in [6, 6.07) is 20.6. The fourth-order valence-electron chi connectivity index (χ4n) is 3.90. The molecule has 2 aromatic carbocycles. The van der Waals surface area contributed by atoms with Gasteiger partial charge in [-0.25, -0.2) is 4.99 Å². The first kappa shape index (κ1) is 21.3. The van der Waals surface area contributed by atoms with Gasteiger partial charge in [-0.2, -0.15) is 0 Å². The van der Waals surface area contributed by atoms with Crippen molar-refractivity contribution in [2.75, 3.05) is 5.32 Å². The Hall–Kier alpha value is -3.55. The van der Waals surface area contributed by atoms with E-state index in [-0.39, 0.29) is 11.5 Å². The molecule has 0 aliphatic carbocycles. The van der Waals surface area contributed by atoms with Gasteiger partial charge < -0.3 is 5.32 Å². The van der Waals surface area contributed by atoms with Gasteiger partial charge in [0, 0.05) is 10.6 Å². The maximum Gasteiger partial charge on any atom is 0.271 e. The summed E-state index contributed by atoms with van der Waals surface area (Å²) < 4.78 is 2.26. The molecule has 0 bridgehead atoms. The molecular formula is C26H21N3O2S2. The van der Waals surface area contributed by atoms with Crippen molar-refractivity contribution in [3.63, 3.8) is 0 Å². The number of para-hydroxylation sites is 1. The number of nitrogens with zero attached hydrogens (tertiary/aromatic N) is 2. The van der Waals surface area contributed by atoms with E-state index in [1.165, 1.54) is 11.3 Å². The number of anilines is 1. The average molecular weight is 472 g/mol. The van der Waals surface area contributed by atoms with Crippen LogP contribution in [0.5, 0.6) is 0 Å². The van der Waals surface area contributed by atoms with Gasteiger partial charge in [0.15, 0.2) is 4.80 Å². The van der Waals surface area contributed by atoms with E-state index in [9.17, 15) is 9.59 Å². The molecule has 7 heteroatoms. The standard InChI is InChI=1S/C26H21N3O2S2/c1-16-10-12-18(13-11-16)23-22(24(30)28-19-7-4-3-5-8-19)17(2)27-26-29(23)25(31)21(33-26)15-20-9-6-14-32-20/h3-15,23H,1-2H3,(H,28,30)/b21-15-. The molecule has 1 aliphatic heterocycles. The van der Waals surface area contributed by atoms with Gasteiger partial charge in [-0.1, -0.05) is 65.4 Å². The fraction of sp³-hybridized carbons (Fsp3) is 0.115. The van der Waals surface area contributed by atoms with E-state index >= 15 is 0 Å². The molecule has 3 heterocycles. The van der Waals surface area contributed by atoms with E-state index in [1.54, 1.807) is 15.9 Å². The maximum atomic E-state index is 13.6. The number of thiophene rings is 1. The van der Waals surface area contributed by atoms with Crippen LogP contribution in [0, 0.1) is 6.92 Å². The van der Waals surface area contributed by atoms with Crippen molar-refractivity contribution in [2.24, 2.45) is 4.99 Å². The second kappa shape index (κ2) is 8.77. The largest absolute Gasteiger partial charge is 0.322 e. The first-order valence-electron chi connectivity index (χ1n) is 10.5. The van der Waals surface area contributed by atoms with Crippen molar-refractivity contribution in [1.82, 2.24) is 4.57 Å². The molecule has 1 aliphatic rings. The molecule has 5 nitrogen and oxygen atoms in total. The van der Waals surface area contributed by atoms with Crippen LogP contribution in [0.1, 0.15) is 29.0 Å². The molecule has 0 spiro atoms. The number of nitrogens with one attached hydrogen (secondary N) is 1. The minimum Gasteiger partial charge on any atom is -0.322 e. The van der Waals surface area contributed by atoms with Crippen LogP contribution in [0.15, 0.2) is 93.2 Å². The van der Waals surface area contributed by atoms with Crippen molar-refractivity contribution in [3.05, 3.63) is 119 Å². The van der Waals surface area contributed by atoms with Crippen LogP contribution in [0.25, 0.3) is 6.08 Å². The Morgan fingerprint density at radius 2 is 1.79 bits per heavy atom. The summed E-state index contributed by atoms with van der Waals surface area (Å²) in [6.45, 7) is 3.85. The normalized spacial score (nSPS) is 15.8. The second-order valence-corrected chi connectivity index (χ2v) is 9.82. The zero-order chi connectivity index (χ0) is 22.9. The molecule has 4 aromatic rings. The molecule has 164 valence electrons. The van der Waals surface area contributed by atoms with E-state index in [0.717, 1.165) is 16.0 Å². The SMILES string of the molecule is CC1=C(C(=O)Nc2ccccc2)C(c2ccc(C)cc2)n2c(s/c(=C\c3cccs3)c2=O)=N1. The number of carbonyl (C=O) groups is 1. The Bertz CT molecular complexity index is 1530. The number of hydrogen-bond acceptors (Lipinski definition) is 5. The van der Waals surface area contributed by atoms with Crippen molar-refractivity contribution in [1.29, 1.82) is 0 Å². The molecule has 1 atom stereocenters. The van der Waals surface area contributed by atoms with Gasteiger partial charge in [0.1, 0.15) is 0 Å². The molecule has 33 heavy (non-hydrogen) atoms. The third-order valence-corrected chi connectivity index (χ3v) is 7.31. The lowest BCUT2D eigenvalue weighted by atomic mass is 9.94. The van der Waals surface area contributed by atoms with E-state index in [2.05, 4.69) is 10.3 Å². The number of allylic oxidation sites excluding steroid dienone is 1. The van der Waals surface area contributed by atoms with Gasteiger partial charge in [-0.05, 0) is 49.1 Å². The Morgan fingerprint density at radius 3 is 2.48 bits per heavy atom. The maximum absolute atomic E-state index is 13.6. The van der Waals surface area contributed by atoms with Crippen LogP contribution >= 0.6 is 22.7 Å². The second-order valence-electron chi connectivity index (χ2n) is 7.83. The van der Waals surface area contributed by atoms with Gasteiger partial charge in [0.05, 0.1) is 21.8 Å². The van der Waals surface area contributed by atoms with Crippen molar-refractivity contribution >= 4 is 40.3 Å². The molecular weight excluding hydrogens is 450 g/mol. The molecule has 0 fully saturated rings. The topological polar surface area (TPSA) is 63.5 Å². The highest BCUT2D eigenvalue weighted by Gasteiger charge is 2.32. The number of carbonyl (C=O) groups excluding carboxylic acids is 1. The minimum atomic E-state index is -0.559. The number of hydrogen-bond donors (Lipinski definition) is 1. The highest BCUT2D eigenvalue weighted by Crippen LogP contribution is 2.31. The summed E-state index contributed by atoms with van der Waals surface area (Å²) in [5, 5.41) is 4.95. The first-order valence-corrected chi connectivity index (χ1v) is 12.2. The summed E-state index contributed by atoms with van der Waals surface area (Å²) in [5.74, 6) is -0.263. The van der Waals surface area contributed by atoms with Gasteiger partial charge in [0.25, 0.3) is 11.5 Å². The third kappa shape index (κ3) is 4.13. The minimum absolute atomic E-state index is 0.143. The lowest BCUT2D eigenvalue weighted by Crippen LogP contribution is -2.40. The predicted octanol–water partition coefficient (Wildman–Crippen LogP) is 4.24. The summed E-state index contributed by atoms with van der Waals surface area (Å²) in [7, 11) is 0. The zero-order valence-corrected chi connectivity index (χ0v) is 19.7. The van der Waals surface area contributed by atoms with Gasteiger partial charge in [0.2, 0.25) is 0 Å². The number of benzene rings is 2. The van der Waals surface area contributed by atoms with Crippen LogP contribution in [0.4, 0.5) is 5.69 Å². The lowest BCUT2D eigenvalue weighted by molar-refractivity contribution is -0.113. The number of fused-ring (bicyclic) bond motifs is 1. The molecule has 1 N–H and O–H groups in total. The van der Waals surface area contributed by atoms with Crippen molar-refractivity contribution < 1.29 is 4.79 Å². The number of thiazole rings is 1. The zero-order valence-electron chi connectivity index (χ0n) is 18.1. The average Bonchev–Trinajstić information content (AvgIpc) is 3.42.